The Labute approximate surface area is 101 Å². The summed E-state index contributed by atoms with van der Waals surface area (Å²) in [6.45, 7) is 4.10. The standard InChI is InChI=1S/C13H17N3O/c1-4-13(2,17-3)12-15-14-10-16(12)11-8-6-5-7-9-11/h5-10H,4H2,1-3H3. The topological polar surface area (TPSA) is 39.9 Å². The molecule has 0 N–H and O–H groups in total. The molecule has 1 heterocycles. The minimum absolute atomic E-state index is 0.410. The SMILES string of the molecule is CCC(C)(OC)c1nncn1-c1ccccc1. The zero-order valence-corrected chi connectivity index (χ0v) is 10.4. The lowest BCUT2D eigenvalue weighted by atomic mass is 10.0. The Hall–Kier alpha value is -1.68. The number of para-hydroxylation sites is 1. The van der Waals surface area contributed by atoms with E-state index in [-0.39, 0.29) is 0 Å². The molecule has 0 aliphatic rings. The second-order valence-corrected chi connectivity index (χ2v) is 4.15. The monoisotopic (exact) mass is 231 g/mol. The van der Waals surface area contributed by atoms with E-state index in [1.54, 1.807) is 13.4 Å². The molecule has 2 rings (SSSR count). The zero-order chi connectivity index (χ0) is 12.3. The van der Waals surface area contributed by atoms with Crippen LogP contribution in [0.1, 0.15) is 26.1 Å². The van der Waals surface area contributed by atoms with E-state index < -0.39 is 5.60 Å². The summed E-state index contributed by atoms with van der Waals surface area (Å²) in [4.78, 5) is 0. The first-order valence-electron chi connectivity index (χ1n) is 5.72. The van der Waals surface area contributed by atoms with Crippen LogP contribution in [-0.4, -0.2) is 21.9 Å². The van der Waals surface area contributed by atoms with Crippen molar-refractivity contribution in [1.29, 1.82) is 0 Å². The van der Waals surface area contributed by atoms with Crippen LogP contribution in [-0.2, 0) is 10.3 Å². The van der Waals surface area contributed by atoms with Crippen molar-refractivity contribution in [2.75, 3.05) is 7.11 Å². The van der Waals surface area contributed by atoms with Gasteiger partial charge in [-0.3, -0.25) is 4.57 Å². The highest BCUT2D eigenvalue weighted by Gasteiger charge is 2.30. The number of methoxy groups -OCH3 is 1. The van der Waals surface area contributed by atoms with Gasteiger partial charge >= 0.3 is 0 Å². The third-order valence-electron chi connectivity index (χ3n) is 3.18. The quantitative estimate of drug-likeness (QED) is 0.811. The van der Waals surface area contributed by atoms with Crippen molar-refractivity contribution in [2.45, 2.75) is 25.9 Å². The molecular weight excluding hydrogens is 214 g/mol. The van der Waals surface area contributed by atoms with Crippen LogP contribution >= 0.6 is 0 Å². The summed E-state index contributed by atoms with van der Waals surface area (Å²) in [6.07, 6.45) is 2.56. The molecule has 17 heavy (non-hydrogen) atoms. The minimum atomic E-state index is -0.410. The maximum atomic E-state index is 5.57. The van der Waals surface area contributed by atoms with Gasteiger partial charge in [-0.1, -0.05) is 25.1 Å². The number of aromatic nitrogens is 3. The molecule has 90 valence electrons. The fourth-order valence-electron chi connectivity index (χ4n) is 1.77. The van der Waals surface area contributed by atoms with Gasteiger partial charge in [0.1, 0.15) is 11.9 Å². The summed E-state index contributed by atoms with van der Waals surface area (Å²) in [7, 11) is 1.70. The van der Waals surface area contributed by atoms with Crippen molar-refractivity contribution < 1.29 is 4.74 Å². The summed E-state index contributed by atoms with van der Waals surface area (Å²) in [5, 5.41) is 8.19. The van der Waals surface area contributed by atoms with Crippen molar-refractivity contribution in [3.05, 3.63) is 42.5 Å². The molecule has 0 bridgehead atoms. The predicted octanol–water partition coefficient (Wildman–Crippen LogP) is 2.54. The van der Waals surface area contributed by atoms with Crippen LogP contribution in [0.4, 0.5) is 0 Å². The Kier molecular flexibility index (Phi) is 3.24. The van der Waals surface area contributed by atoms with Crippen LogP contribution in [0.3, 0.4) is 0 Å². The molecule has 0 fully saturated rings. The van der Waals surface area contributed by atoms with Gasteiger partial charge in [-0.25, -0.2) is 0 Å². The molecule has 0 spiro atoms. The number of ether oxygens (including phenoxy) is 1. The predicted molar refractivity (Wildman–Crippen MR) is 66.0 cm³/mol. The van der Waals surface area contributed by atoms with E-state index in [1.165, 1.54) is 0 Å². The first-order valence-corrected chi connectivity index (χ1v) is 5.72. The maximum Gasteiger partial charge on any atom is 0.169 e. The first-order chi connectivity index (χ1) is 8.21. The lowest BCUT2D eigenvalue weighted by Gasteiger charge is -2.25. The van der Waals surface area contributed by atoms with E-state index in [1.807, 2.05) is 41.8 Å². The molecule has 1 unspecified atom stereocenters. The molecule has 0 aliphatic heterocycles. The molecule has 2 aromatic rings. The summed E-state index contributed by atoms with van der Waals surface area (Å²) in [5.41, 5.74) is 0.635. The van der Waals surface area contributed by atoms with E-state index in [0.717, 1.165) is 17.9 Å². The third kappa shape index (κ3) is 2.08. The largest absolute Gasteiger partial charge is 0.371 e. The summed E-state index contributed by atoms with van der Waals surface area (Å²) in [5.74, 6) is 0.828. The molecule has 1 atom stereocenters. The van der Waals surface area contributed by atoms with Gasteiger partial charge < -0.3 is 4.74 Å². The molecule has 0 saturated carbocycles. The normalized spacial score (nSPS) is 14.5. The van der Waals surface area contributed by atoms with E-state index in [9.17, 15) is 0 Å². The van der Waals surface area contributed by atoms with Gasteiger partial charge in [0.25, 0.3) is 0 Å². The average molecular weight is 231 g/mol. The van der Waals surface area contributed by atoms with Gasteiger partial charge in [0.05, 0.1) is 0 Å². The molecule has 0 aliphatic carbocycles. The number of hydrogen-bond donors (Lipinski definition) is 0. The van der Waals surface area contributed by atoms with Crippen molar-refractivity contribution in [3.8, 4) is 5.69 Å². The highest BCUT2D eigenvalue weighted by Crippen LogP contribution is 2.27. The maximum absolute atomic E-state index is 5.57. The van der Waals surface area contributed by atoms with Crippen LogP contribution in [0.25, 0.3) is 5.69 Å². The Morgan fingerprint density at radius 1 is 1.29 bits per heavy atom. The second kappa shape index (κ2) is 4.67. The summed E-state index contributed by atoms with van der Waals surface area (Å²) < 4.78 is 7.54. The van der Waals surface area contributed by atoms with E-state index in [0.29, 0.717) is 0 Å². The first kappa shape index (κ1) is 11.8. The highest BCUT2D eigenvalue weighted by molar-refractivity contribution is 5.33. The lowest BCUT2D eigenvalue weighted by molar-refractivity contribution is -0.0104. The number of nitrogens with zero attached hydrogens (tertiary/aromatic N) is 3. The zero-order valence-electron chi connectivity index (χ0n) is 10.4. The van der Waals surface area contributed by atoms with Gasteiger partial charge in [-0.2, -0.15) is 0 Å². The summed E-state index contributed by atoms with van der Waals surface area (Å²) >= 11 is 0. The molecule has 0 radical (unpaired) electrons. The number of benzene rings is 1. The number of hydrogen-bond acceptors (Lipinski definition) is 3. The van der Waals surface area contributed by atoms with Crippen LogP contribution in [0, 0.1) is 0 Å². The van der Waals surface area contributed by atoms with E-state index in [4.69, 9.17) is 4.74 Å². The highest BCUT2D eigenvalue weighted by atomic mass is 16.5. The third-order valence-corrected chi connectivity index (χ3v) is 3.18. The molecule has 0 saturated heterocycles. The van der Waals surface area contributed by atoms with Crippen molar-refractivity contribution in [2.24, 2.45) is 0 Å². The molecule has 4 heteroatoms. The molecule has 1 aromatic heterocycles. The van der Waals surface area contributed by atoms with Crippen molar-refractivity contribution in [3.63, 3.8) is 0 Å². The van der Waals surface area contributed by atoms with Crippen molar-refractivity contribution >= 4 is 0 Å². The van der Waals surface area contributed by atoms with E-state index in [2.05, 4.69) is 17.1 Å². The second-order valence-electron chi connectivity index (χ2n) is 4.15. The lowest BCUT2D eigenvalue weighted by Crippen LogP contribution is -2.27. The Balaban J connectivity index is 2.49. The van der Waals surface area contributed by atoms with Gasteiger partial charge in [-0.05, 0) is 25.5 Å². The van der Waals surface area contributed by atoms with Crippen LogP contribution in [0.5, 0.6) is 0 Å². The molecule has 4 nitrogen and oxygen atoms in total. The molecular formula is C13H17N3O. The molecule has 1 aromatic carbocycles. The van der Waals surface area contributed by atoms with Crippen LogP contribution < -0.4 is 0 Å². The van der Waals surface area contributed by atoms with Gasteiger partial charge in [0.15, 0.2) is 5.82 Å². The fraction of sp³-hybridized carbons (Fsp3) is 0.385. The van der Waals surface area contributed by atoms with Crippen LogP contribution in [0.2, 0.25) is 0 Å². The Morgan fingerprint density at radius 2 is 2.00 bits per heavy atom. The van der Waals surface area contributed by atoms with Crippen molar-refractivity contribution in [1.82, 2.24) is 14.8 Å². The smallest absolute Gasteiger partial charge is 0.169 e. The van der Waals surface area contributed by atoms with Crippen LogP contribution in [0.15, 0.2) is 36.7 Å². The van der Waals surface area contributed by atoms with Gasteiger partial charge in [0, 0.05) is 12.8 Å². The van der Waals surface area contributed by atoms with Gasteiger partial charge in [0.2, 0.25) is 0 Å². The average Bonchev–Trinajstić information content (AvgIpc) is 2.88. The minimum Gasteiger partial charge on any atom is -0.371 e. The Morgan fingerprint density at radius 3 is 2.59 bits per heavy atom. The van der Waals surface area contributed by atoms with E-state index >= 15 is 0 Å². The molecule has 0 amide bonds. The summed E-state index contributed by atoms with van der Waals surface area (Å²) in [6, 6.07) is 10.0. The van der Waals surface area contributed by atoms with Gasteiger partial charge in [-0.15, -0.1) is 10.2 Å². The Bertz CT molecular complexity index is 474. The number of rotatable bonds is 4. The fourth-order valence-corrected chi connectivity index (χ4v) is 1.77.